The Hall–Kier alpha value is -2.19. The Morgan fingerprint density at radius 1 is 1.05 bits per heavy atom. The summed E-state index contributed by atoms with van der Waals surface area (Å²) < 4.78 is 0. The van der Waals surface area contributed by atoms with Gasteiger partial charge in [-0.05, 0) is 43.0 Å². The molecule has 21 heavy (non-hydrogen) atoms. The summed E-state index contributed by atoms with van der Waals surface area (Å²) >= 11 is 0. The highest BCUT2D eigenvalue weighted by Crippen LogP contribution is 2.21. The Labute approximate surface area is 125 Å². The van der Waals surface area contributed by atoms with Crippen LogP contribution in [0.2, 0.25) is 0 Å². The highest BCUT2D eigenvalue weighted by Gasteiger charge is 2.07. The fraction of sp³-hybridized carbons (Fsp3) is 0.211. The van der Waals surface area contributed by atoms with E-state index in [9.17, 15) is 0 Å². The summed E-state index contributed by atoms with van der Waals surface area (Å²) in [5.41, 5.74) is 11.1. The van der Waals surface area contributed by atoms with Gasteiger partial charge in [-0.1, -0.05) is 48.0 Å². The fourth-order valence-corrected chi connectivity index (χ4v) is 2.56. The van der Waals surface area contributed by atoms with E-state index in [-0.39, 0.29) is 6.04 Å². The third-order valence-corrected chi connectivity index (χ3v) is 3.92. The molecule has 0 spiro atoms. The van der Waals surface area contributed by atoms with Gasteiger partial charge in [0.05, 0.1) is 5.52 Å². The first kappa shape index (κ1) is 13.8. The molecule has 3 aromatic rings. The molecule has 0 aliphatic rings. The molecule has 2 heteroatoms. The topological polar surface area (TPSA) is 38.9 Å². The van der Waals surface area contributed by atoms with Crippen molar-refractivity contribution in [3.63, 3.8) is 0 Å². The van der Waals surface area contributed by atoms with E-state index < -0.39 is 0 Å². The maximum absolute atomic E-state index is 6.34. The van der Waals surface area contributed by atoms with Crippen LogP contribution in [0.4, 0.5) is 0 Å². The van der Waals surface area contributed by atoms with Crippen molar-refractivity contribution in [2.24, 2.45) is 5.73 Å². The van der Waals surface area contributed by atoms with Crippen molar-refractivity contribution >= 4 is 10.9 Å². The summed E-state index contributed by atoms with van der Waals surface area (Å²) in [5, 5.41) is 1.16. The van der Waals surface area contributed by atoms with Crippen LogP contribution in [0.3, 0.4) is 0 Å². The van der Waals surface area contributed by atoms with E-state index in [1.165, 1.54) is 11.1 Å². The molecule has 0 aliphatic heterocycles. The van der Waals surface area contributed by atoms with E-state index in [1.54, 1.807) is 0 Å². The average molecular weight is 276 g/mol. The number of aromatic nitrogens is 1. The van der Waals surface area contributed by atoms with Crippen LogP contribution in [0, 0.1) is 6.92 Å². The molecule has 0 saturated carbocycles. The third kappa shape index (κ3) is 3.29. The lowest BCUT2D eigenvalue weighted by molar-refractivity contribution is 0.652. The van der Waals surface area contributed by atoms with Gasteiger partial charge < -0.3 is 5.73 Å². The second-order valence-electron chi connectivity index (χ2n) is 5.59. The molecular formula is C19H20N2. The van der Waals surface area contributed by atoms with E-state index in [0.717, 1.165) is 29.3 Å². The second-order valence-corrected chi connectivity index (χ2v) is 5.59. The van der Waals surface area contributed by atoms with Gasteiger partial charge in [-0.2, -0.15) is 0 Å². The molecule has 0 saturated heterocycles. The normalized spacial score (nSPS) is 12.5. The monoisotopic (exact) mass is 276 g/mol. The second kappa shape index (κ2) is 6.06. The Kier molecular flexibility index (Phi) is 3.98. The molecule has 2 nitrogen and oxygen atoms in total. The summed E-state index contributed by atoms with van der Waals surface area (Å²) in [6, 6.07) is 19.1. The Morgan fingerprint density at radius 3 is 2.67 bits per heavy atom. The third-order valence-electron chi connectivity index (χ3n) is 3.92. The predicted octanol–water partition coefficient (Wildman–Crippen LogP) is 4.18. The summed E-state index contributed by atoms with van der Waals surface area (Å²) in [6.45, 7) is 2.11. The first-order chi connectivity index (χ1) is 10.2. The molecule has 0 amide bonds. The zero-order chi connectivity index (χ0) is 14.7. The Bertz CT molecular complexity index is 732. The first-order valence-electron chi connectivity index (χ1n) is 7.38. The number of hydrogen-bond acceptors (Lipinski definition) is 2. The molecule has 0 bridgehead atoms. The molecule has 1 aromatic heterocycles. The summed E-state index contributed by atoms with van der Waals surface area (Å²) in [7, 11) is 0. The molecule has 1 unspecified atom stereocenters. The molecule has 1 heterocycles. The largest absolute Gasteiger partial charge is 0.324 e. The van der Waals surface area contributed by atoms with Gasteiger partial charge in [0.1, 0.15) is 0 Å². The van der Waals surface area contributed by atoms with E-state index in [2.05, 4.69) is 60.4 Å². The van der Waals surface area contributed by atoms with E-state index in [4.69, 9.17) is 5.73 Å². The first-order valence-corrected chi connectivity index (χ1v) is 7.38. The SMILES string of the molecule is Cc1ccc(CCC(N)c2ccc3cccnc3c2)cc1. The molecule has 0 aliphatic carbocycles. The van der Waals surface area contributed by atoms with Crippen molar-refractivity contribution in [1.82, 2.24) is 4.98 Å². The zero-order valence-corrected chi connectivity index (χ0v) is 12.3. The van der Waals surface area contributed by atoms with Crippen LogP contribution in [0.5, 0.6) is 0 Å². The van der Waals surface area contributed by atoms with Crippen molar-refractivity contribution in [3.8, 4) is 0 Å². The smallest absolute Gasteiger partial charge is 0.0705 e. The number of rotatable bonds is 4. The average Bonchev–Trinajstić information content (AvgIpc) is 2.53. The molecular weight excluding hydrogens is 256 g/mol. The molecule has 106 valence electrons. The number of benzene rings is 2. The molecule has 0 fully saturated rings. The number of hydrogen-bond donors (Lipinski definition) is 1. The lowest BCUT2D eigenvalue weighted by Crippen LogP contribution is -2.11. The van der Waals surface area contributed by atoms with Crippen LogP contribution < -0.4 is 5.73 Å². The van der Waals surface area contributed by atoms with Crippen LogP contribution in [0.15, 0.2) is 60.8 Å². The Balaban J connectivity index is 1.71. The van der Waals surface area contributed by atoms with Crippen LogP contribution in [-0.2, 0) is 6.42 Å². The minimum atomic E-state index is 0.0534. The minimum absolute atomic E-state index is 0.0534. The number of pyridine rings is 1. The van der Waals surface area contributed by atoms with Crippen LogP contribution in [0.1, 0.15) is 29.2 Å². The van der Waals surface area contributed by atoms with Gasteiger partial charge in [0, 0.05) is 17.6 Å². The van der Waals surface area contributed by atoms with Crippen molar-refractivity contribution < 1.29 is 0 Å². The van der Waals surface area contributed by atoms with Gasteiger partial charge in [0.2, 0.25) is 0 Å². The van der Waals surface area contributed by atoms with Gasteiger partial charge in [0.15, 0.2) is 0 Å². The Morgan fingerprint density at radius 2 is 1.86 bits per heavy atom. The van der Waals surface area contributed by atoms with Gasteiger partial charge in [-0.25, -0.2) is 0 Å². The number of nitrogens with zero attached hydrogens (tertiary/aromatic N) is 1. The molecule has 3 rings (SSSR count). The number of aryl methyl sites for hydroxylation is 2. The molecule has 1 atom stereocenters. The van der Waals surface area contributed by atoms with E-state index >= 15 is 0 Å². The molecule has 2 N–H and O–H groups in total. The van der Waals surface area contributed by atoms with Gasteiger partial charge in [0.25, 0.3) is 0 Å². The maximum Gasteiger partial charge on any atom is 0.0705 e. The van der Waals surface area contributed by atoms with Crippen LogP contribution in [-0.4, -0.2) is 4.98 Å². The number of nitrogens with two attached hydrogens (primary N) is 1. The van der Waals surface area contributed by atoms with E-state index in [0.29, 0.717) is 0 Å². The zero-order valence-electron chi connectivity index (χ0n) is 12.3. The summed E-state index contributed by atoms with van der Waals surface area (Å²) in [4.78, 5) is 4.40. The minimum Gasteiger partial charge on any atom is -0.324 e. The lowest BCUT2D eigenvalue weighted by Gasteiger charge is -2.13. The summed E-state index contributed by atoms with van der Waals surface area (Å²) in [5.74, 6) is 0. The highest BCUT2D eigenvalue weighted by molar-refractivity contribution is 5.78. The lowest BCUT2D eigenvalue weighted by atomic mass is 9.98. The highest BCUT2D eigenvalue weighted by atomic mass is 14.7. The standard InChI is InChI=1S/C19H20N2/c1-14-4-6-15(7-5-14)8-11-18(20)17-10-9-16-3-2-12-21-19(16)13-17/h2-7,9-10,12-13,18H,8,11,20H2,1H3. The molecule has 2 aromatic carbocycles. The van der Waals surface area contributed by atoms with Gasteiger partial charge in [-0.3, -0.25) is 4.98 Å². The maximum atomic E-state index is 6.34. The van der Waals surface area contributed by atoms with E-state index in [1.807, 2.05) is 12.3 Å². The molecule has 0 radical (unpaired) electrons. The van der Waals surface area contributed by atoms with Crippen molar-refractivity contribution in [2.45, 2.75) is 25.8 Å². The quantitative estimate of drug-likeness (QED) is 0.776. The number of fused-ring (bicyclic) bond motifs is 1. The van der Waals surface area contributed by atoms with Crippen molar-refractivity contribution in [1.29, 1.82) is 0 Å². The van der Waals surface area contributed by atoms with Gasteiger partial charge in [-0.15, -0.1) is 0 Å². The van der Waals surface area contributed by atoms with Crippen LogP contribution in [0.25, 0.3) is 10.9 Å². The van der Waals surface area contributed by atoms with Gasteiger partial charge >= 0.3 is 0 Å². The fourth-order valence-electron chi connectivity index (χ4n) is 2.56. The summed E-state index contributed by atoms with van der Waals surface area (Å²) in [6.07, 6.45) is 3.77. The van der Waals surface area contributed by atoms with Crippen LogP contribution >= 0.6 is 0 Å². The van der Waals surface area contributed by atoms with Crippen molar-refractivity contribution in [3.05, 3.63) is 77.5 Å². The predicted molar refractivity (Wildman–Crippen MR) is 88.2 cm³/mol. The van der Waals surface area contributed by atoms with Crippen molar-refractivity contribution in [2.75, 3.05) is 0 Å².